The number of pyridine rings is 1. The van der Waals surface area contributed by atoms with E-state index in [0.29, 0.717) is 5.82 Å². The van der Waals surface area contributed by atoms with Gasteiger partial charge in [0.1, 0.15) is 11.6 Å². The highest BCUT2D eigenvalue weighted by atomic mass is 19.1. The number of carbonyl (C=O) groups is 1. The van der Waals surface area contributed by atoms with Gasteiger partial charge in [-0.1, -0.05) is 18.2 Å². The average Bonchev–Trinajstić information content (AvgIpc) is 2.39. The Morgan fingerprint density at radius 1 is 1.18 bits per heavy atom. The Morgan fingerprint density at radius 2 is 1.88 bits per heavy atom. The highest BCUT2D eigenvalue weighted by Crippen LogP contribution is 2.14. The van der Waals surface area contributed by atoms with E-state index in [-0.39, 0.29) is 5.56 Å². The predicted octanol–water partition coefficient (Wildman–Crippen LogP) is 2.50. The van der Waals surface area contributed by atoms with Crippen molar-refractivity contribution in [2.24, 2.45) is 0 Å². The van der Waals surface area contributed by atoms with Gasteiger partial charge in [-0.3, -0.25) is 9.69 Å². The first-order valence-electron chi connectivity index (χ1n) is 5.14. The standard InChI is InChI=1S/C13H11FN2O/c1-16(12-8-4-5-9-15-12)13(17)10-6-2-3-7-11(10)14/h2-9H,1H3. The molecule has 86 valence electrons. The first-order chi connectivity index (χ1) is 8.20. The summed E-state index contributed by atoms with van der Waals surface area (Å²) in [5.41, 5.74) is 0.0423. The van der Waals surface area contributed by atoms with Crippen LogP contribution in [-0.4, -0.2) is 17.9 Å². The fourth-order valence-corrected chi connectivity index (χ4v) is 1.47. The van der Waals surface area contributed by atoms with E-state index in [1.54, 1.807) is 43.6 Å². The summed E-state index contributed by atoms with van der Waals surface area (Å²) < 4.78 is 13.4. The number of carbonyl (C=O) groups excluding carboxylic acids is 1. The van der Waals surface area contributed by atoms with Crippen molar-refractivity contribution in [1.82, 2.24) is 4.98 Å². The summed E-state index contributed by atoms with van der Waals surface area (Å²) in [6.45, 7) is 0. The van der Waals surface area contributed by atoms with Crippen molar-refractivity contribution in [2.75, 3.05) is 11.9 Å². The highest BCUT2D eigenvalue weighted by Gasteiger charge is 2.17. The van der Waals surface area contributed by atoms with Crippen molar-refractivity contribution in [3.8, 4) is 0 Å². The normalized spacial score (nSPS) is 10.0. The molecule has 0 bridgehead atoms. The van der Waals surface area contributed by atoms with E-state index in [2.05, 4.69) is 4.98 Å². The lowest BCUT2D eigenvalue weighted by Gasteiger charge is -2.16. The number of rotatable bonds is 2. The molecule has 0 radical (unpaired) electrons. The number of amides is 1. The predicted molar refractivity (Wildman–Crippen MR) is 63.4 cm³/mol. The molecule has 1 heterocycles. The second kappa shape index (κ2) is 4.74. The van der Waals surface area contributed by atoms with Gasteiger partial charge < -0.3 is 0 Å². The first-order valence-corrected chi connectivity index (χ1v) is 5.14. The number of anilines is 1. The number of aromatic nitrogens is 1. The topological polar surface area (TPSA) is 33.2 Å². The molecule has 0 N–H and O–H groups in total. The molecule has 2 aromatic rings. The van der Waals surface area contributed by atoms with E-state index < -0.39 is 11.7 Å². The molecule has 0 spiro atoms. The highest BCUT2D eigenvalue weighted by molar-refractivity contribution is 6.05. The minimum atomic E-state index is -0.528. The van der Waals surface area contributed by atoms with Gasteiger partial charge in [0.05, 0.1) is 5.56 Å². The zero-order valence-electron chi connectivity index (χ0n) is 9.30. The van der Waals surface area contributed by atoms with Crippen LogP contribution in [0.1, 0.15) is 10.4 Å². The molecule has 0 saturated heterocycles. The van der Waals surface area contributed by atoms with Gasteiger partial charge in [-0.05, 0) is 24.3 Å². The van der Waals surface area contributed by atoms with Gasteiger partial charge in [0.25, 0.3) is 5.91 Å². The Hall–Kier alpha value is -2.23. The monoisotopic (exact) mass is 230 g/mol. The molecular formula is C13H11FN2O. The summed E-state index contributed by atoms with van der Waals surface area (Å²) in [5, 5.41) is 0. The molecule has 3 nitrogen and oxygen atoms in total. The molecule has 2 rings (SSSR count). The lowest BCUT2D eigenvalue weighted by molar-refractivity contribution is 0.0988. The zero-order chi connectivity index (χ0) is 12.3. The molecule has 1 aromatic carbocycles. The summed E-state index contributed by atoms with van der Waals surface area (Å²) in [4.78, 5) is 17.4. The lowest BCUT2D eigenvalue weighted by Crippen LogP contribution is -2.27. The van der Waals surface area contributed by atoms with E-state index in [1.807, 2.05) is 0 Å². The smallest absolute Gasteiger partial charge is 0.262 e. The van der Waals surface area contributed by atoms with E-state index in [1.165, 1.54) is 17.0 Å². The minimum Gasteiger partial charge on any atom is -0.296 e. The molecule has 0 aliphatic heterocycles. The zero-order valence-corrected chi connectivity index (χ0v) is 9.30. The molecule has 0 saturated carbocycles. The number of hydrogen-bond acceptors (Lipinski definition) is 2. The van der Waals surface area contributed by atoms with Crippen molar-refractivity contribution >= 4 is 11.7 Å². The molecule has 0 unspecified atom stereocenters. The Bertz CT molecular complexity index is 528. The molecule has 0 atom stereocenters. The molecule has 0 aliphatic rings. The molecule has 4 heteroatoms. The van der Waals surface area contributed by atoms with Crippen molar-refractivity contribution in [3.05, 3.63) is 60.0 Å². The summed E-state index contributed by atoms with van der Waals surface area (Å²) in [7, 11) is 1.57. The fourth-order valence-electron chi connectivity index (χ4n) is 1.47. The third-order valence-electron chi connectivity index (χ3n) is 2.40. The van der Waals surface area contributed by atoms with Gasteiger partial charge >= 0.3 is 0 Å². The van der Waals surface area contributed by atoms with Crippen LogP contribution in [0.15, 0.2) is 48.7 Å². The fraction of sp³-hybridized carbons (Fsp3) is 0.0769. The van der Waals surface area contributed by atoms with Crippen LogP contribution in [0.4, 0.5) is 10.2 Å². The molecule has 1 amide bonds. The second-order valence-corrected chi connectivity index (χ2v) is 3.53. The third-order valence-corrected chi connectivity index (χ3v) is 2.40. The van der Waals surface area contributed by atoms with E-state index in [0.717, 1.165) is 0 Å². The minimum absolute atomic E-state index is 0.0423. The number of hydrogen-bond donors (Lipinski definition) is 0. The van der Waals surface area contributed by atoms with Crippen LogP contribution in [0.2, 0.25) is 0 Å². The third kappa shape index (κ3) is 2.30. The SMILES string of the molecule is CN(C(=O)c1ccccc1F)c1ccccn1. The molecular weight excluding hydrogens is 219 g/mol. The average molecular weight is 230 g/mol. The largest absolute Gasteiger partial charge is 0.296 e. The van der Waals surface area contributed by atoms with Crippen LogP contribution in [0.3, 0.4) is 0 Å². The molecule has 1 aromatic heterocycles. The van der Waals surface area contributed by atoms with Crippen LogP contribution in [0.5, 0.6) is 0 Å². The maximum absolute atomic E-state index is 13.4. The van der Waals surface area contributed by atoms with E-state index in [4.69, 9.17) is 0 Å². The quantitative estimate of drug-likeness (QED) is 0.794. The molecule has 0 aliphatic carbocycles. The molecule has 17 heavy (non-hydrogen) atoms. The van der Waals surface area contributed by atoms with Gasteiger partial charge in [0.2, 0.25) is 0 Å². The summed E-state index contributed by atoms with van der Waals surface area (Å²) in [6, 6.07) is 11.1. The van der Waals surface area contributed by atoms with Crippen LogP contribution >= 0.6 is 0 Å². The van der Waals surface area contributed by atoms with Crippen LogP contribution in [-0.2, 0) is 0 Å². The number of halogens is 1. The van der Waals surface area contributed by atoms with Crippen LogP contribution in [0.25, 0.3) is 0 Å². The Balaban J connectivity index is 2.30. The summed E-state index contributed by atoms with van der Waals surface area (Å²) in [5.74, 6) is -0.456. The number of benzene rings is 1. The van der Waals surface area contributed by atoms with Crippen LogP contribution < -0.4 is 4.90 Å². The molecule has 0 fully saturated rings. The van der Waals surface area contributed by atoms with Gasteiger partial charge in [-0.2, -0.15) is 0 Å². The maximum atomic E-state index is 13.4. The Kier molecular flexibility index (Phi) is 3.14. The first kappa shape index (κ1) is 11.3. The maximum Gasteiger partial charge on any atom is 0.262 e. The summed E-state index contributed by atoms with van der Waals surface area (Å²) >= 11 is 0. The van der Waals surface area contributed by atoms with Crippen molar-refractivity contribution in [1.29, 1.82) is 0 Å². The van der Waals surface area contributed by atoms with Crippen molar-refractivity contribution < 1.29 is 9.18 Å². The van der Waals surface area contributed by atoms with Crippen LogP contribution in [0, 0.1) is 5.82 Å². The van der Waals surface area contributed by atoms with Crippen molar-refractivity contribution in [2.45, 2.75) is 0 Å². The van der Waals surface area contributed by atoms with Gasteiger partial charge in [0, 0.05) is 13.2 Å². The Labute approximate surface area is 98.5 Å². The van der Waals surface area contributed by atoms with Gasteiger partial charge in [-0.25, -0.2) is 9.37 Å². The number of nitrogens with zero attached hydrogens (tertiary/aromatic N) is 2. The van der Waals surface area contributed by atoms with Gasteiger partial charge in [0.15, 0.2) is 0 Å². The summed E-state index contributed by atoms with van der Waals surface area (Å²) in [6.07, 6.45) is 1.58. The Morgan fingerprint density at radius 3 is 2.53 bits per heavy atom. The van der Waals surface area contributed by atoms with E-state index >= 15 is 0 Å². The van der Waals surface area contributed by atoms with Gasteiger partial charge in [-0.15, -0.1) is 0 Å². The van der Waals surface area contributed by atoms with Crippen molar-refractivity contribution in [3.63, 3.8) is 0 Å². The van der Waals surface area contributed by atoms with E-state index in [9.17, 15) is 9.18 Å². The lowest BCUT2D eigenvalue weighted by atomic mass is 10.2. The second-order valence-electron chi connectivity index (χ2n) is 3.53.